The summed E-state index contributed by atoms with van der Waals surface area (Å²) in [6.07, 6.45) is 4.86. The highest BCUT2D eigenvalue weighted by atomic mass is 16.6. The smallest absolute Gasteiger partial charge is 0.290 e. The molecule has 0 aromatic carbocycles. The fourth-order valence-corrected chi connectivity index (χ4v) is 3.36. The van der Waals surface area contributed by atoms with Gasteiger partial charge in [0, 0.05) is 37.7 Å². The highest BCUT2D eigenvalue weighted by Crippen LogP contribution is 2.26. The maximum atomic E-state index is 11.8. The van der Waals surface area contributed by atoms with Gasteiger partial charge in [-0.15, -0.1) is 0 Å². The van der Waals surface area contributed by atoms with Gasteiger partial charge in [-0.1, -0.05) is 0 Å². The van der Waals surface area contributed by atoms with Gasteiger partial charge in [-0.3, -0.25) is 14.9 Å². The fraction of sp³-hybridized carbons (Fsp3) is 0.600. The predicted molar refractivity (Wildman–Crippen MR) is 81.8 cm³/mol. The number of carbonyl (C=O) groups excluding carboxylic acids is 1. The first-order valence-corrected chi connectivity index (χ1v) is 7.71. The molecule has 2 aliphatic rings. The first-order chi connectivity index (χ1) is 10.6. The second kappa shape index (κ2) is 5.90. The molecule has 2 saturated heterocycles. The molecular weight excluding hydrogens is 284 g/mol. The Morgan fingerprint density at radius 3 is 2.59 bits per heavy atom. The van der Waals surface area contributed by atoms with Gasteiger partial charge in [0.25, 0.3) is 5.69 Å². The third-order valence-electron chi connectivity index (χ3n) is 4.60. The van der Waals surface area contributed by atoms with Gasteiger partial charge < -0.3 is 9.80 Å². The molecule has 0 atom stereocenters. The zero-order valence-electron chi connectivity index (χ0n) is 12.7. The van der Waals surface area contributed by atoms with Crippen LogP contribution < -0.4 is 4.90 Å². The zero-order chi connectivity index (χ0) is 15.7. The fourth-order valence-electron chi connectivity index (χ4n) is 3.36. The lowest BCUT2D eigenvalue weighted by atomic mass is 10.0. The van der Waals surface area contributed by atoms with Crippen molar-refractivity contribution < 1.29 is 9.72 Å². The van der Waals surface area contributed by atoms with E-state index in [2.05, 4.69) is 9.88 Å². The molecule has 1 amide bonds. The number of amides is 1. The molecule has 0 aliphatic carbocycles. The number of pyridine rings is 1. The number of aromatic nitrogens is 1. The van der Waals surface area contributed by atoms with E-state index in [9.17, 15) is 14.9 Å². The Morgan fingerprint density at radius 2 is 2.05 bits per heavy atom. The quantitative estimate of drug-likeness (QED) is 0.629. The van der Waals surface area contributed by atoms with Gasteiger partial charge in [0.1, 0.15) is 12.0 Å². The van der Waals surface area contributed by atoms with Crippen LogP contribution in [0.2, 0.25) is 0 Å². The topological polar surface area (TPSA) is 79.6 Å². The van der Waals surface area contributed by atoms with E-state index in [0.29, 0.717) is 18.0 Å². The molecule has 7 heteroatoms. The van der Waals surface area contributed by atoms with E-state index in [4.69, 9.17) is 0 Å². The number of piperidine rings is 1. The lowest BCUT2D eigenvalue weighted by molar-refractivity contribution is -0.385. The summed E-state index contributed by atoms with van der Waals surface area (Å²) in [6, 6.07) is 2.12. The normalized spacial score (nSPS) is 19.8. The number of hydrogen-bond donors (Lipinski definition) is 0. The maximum absolute atomic E-state index is 11.8. The van der Waals surface area contributed by atoms with Gasteiger partial charge in [0.15, 0.2) is 0 Å². The minimum atomic E-state index is -0.405. The Labute approximate surface area is 129 Å². The number of nitrogens with zero attached hydrogens (tertiary/aromatic N) is 4. The average molecular weight is 304 g/mol. The standard InChI is InChI=1S/C15H20N4O3/c1-11-9-14(16-10-13(11)19(21)22)17-7-4-12(5-8-17)18-6-2-3-15(18)20/h9-10,12H,2-8H2,1H3. The molecule has 2 fully saturated rings. The van der Waals surface area contributed by atoms with E-state index in [0.717, 1.165) is 44.7 Å². The lowest BCUT2D eigenvalue weighted by Gasteiger charge is -2.37. The first-order valence-electron chi connectivity index (χ1n) is 7.71. The molecule has 0 radical (unpaired) electrons. The number of rotatable bonds is 3. The Hall–Kier alpha value is -2.18. The number of carbonyl (C=O) groups is 1. The highest BCUT2D eigenvalue weighted by molar-refractivity contribution is 5.78. The van der Waals surface area contributed by atoms with Crippen LogP contribution in [-0.4, -0.2) is 46.4 Å². The highest BCUT2D eigenvalue weighted by Gasteiger charge is 2.31. The molecular formula is C15H20N4O3. The van der Waals surface area contributed by atoms with Gasteiger partial charge in [-0.25, -0.2) is 4.98 Å². The minimum absolute atomic E-state index is 0.0568. The third-order valence-corrected chi connectivity index (χ3v) is 4.60. The van der Waals surface area contributed by atoms with Crippen molar-refractivity contribution in [2.75, 3.05) is 24.5 Å². The Balaban J connectivity index is 1.65. The summed E-state index contributed by atoms with van der Waals surface area (Å²) < 4.78 is 0. The molecule has 3 rings (SSSR count). The van der Waals surface area contributed by atoms with Gasteiger partial charge >= 0.3 is 0 Å². The maximum Gasteiger partial charge on any atom is 0.290 e. The number of nitro groups is 1. The molecule has 2 aliphatic heterocycles. The minimum Gasteiger partial charge on any atom is -0.356 e. The van der Waals surface area contributed by atoms with Crippen molar-refractivity contribution in [3.63, 3.8) is 0 Å². The van der Waals surface area contributed by atoms with Crippen LogP contribution in [0.4, 0.5) is 11.5 Å². The average Bonchev–Trinajstić information content (AvgIpc) is 2.93. The SMILES string of the molecule is Cc1cc(N2CCC(N3CCCC3=O)CC2)ncc1[N+](=O)[O-]. The monoisotopic (exact) mass is 304 g/mol. The molecule has 0 saturated carbocycles. The van der Waals surface area contributed by atoms with Crippen molar-refractivity contribution in [2.45, 2.75) is 38.6 Å². The third kappa shape index (κ3) is 2.75. The van der Waals surface area contributed by atoms with Crippen molar-refractivity contribution in [3.8, 4) is 0 Å². The number of aryl methyl sites for hydroxylation is 1. The number of hydrogen-bond acceptors (Lipinski definition) is 5. The molecule has 1 aromatic heterocycles. The molecule has 1 aromatic rings. The van der Waals surface area contributed by atoms with Crippen LogP contribution >= 0.6 is 0 Å². The molecule has 3 heterocycles. The van der Waals surface area contributed by atoms with Crippen LogP contribution in [0.25, 0.3) is 0 Å². The predicted octanol–water partition coefficient (Wildman–Crippen LogP) is 1.89. The van der Waals surface area contributed by atoms with Gasteiger partial charge in [0.05, 0.1) is 4.92 Å². The summed E-state index contributed by atoms with van der Waals surface area (Å²) in [6.45, 7) is 4.29. The van der Waals surface area contributed by atoms with Crippen LogP contribution in [-0.2, 0) is 4.79 Å². The summed E-state index contributed by atoms with van der Waals surface area (Å²) in [5.74, 6) is 1.07. The second-order valence-corrected chi connectivity index (χ2v) is 6.00. The molecule has 22 heavy (non-hydrogen) atoms. The Kier molecular flexibility index (Phi) is 3.96. The Morgan fingerprint density at radius 1 is 1.32 bits per heavy atom. The van der Waals surface area contributed by atoms with Crippen LogP contribution in [0, 0.1) is 17.0 Å². The second-order valence-electron chi connectivity index (χ2n) is 6.00. The summed E-state index contributed by atoms with van der Waals surface area (Å²) in [5.41, 5.74) is 0.688. The van der Waals surface area contributed by atoms with Crippen LogP contribution in [0.1, 0.15) is 31.2 Å². The molecule has 0 bridgehead atoms. The van der Waals surface area contributed by atoms with Crippen LogP contribution in [0.15, 0.2) is 12.3 Å². The molecule has 7 nitrogen and oxygen atoms in total. The van der Waals surface area contributed by atoms with E-state index < -0.39 is 4.92 Å². The van der Waals surface area contributed by atoms with E-state index in [1.165, 1.54) is 6.20 Å². The van der Waals surface area contributed by atoms with Gasteiger partial charge in [0.2, 0.25) is 5.91 Å². The Bertz CT molecular complexity index is 596. The van der Waals surface area contributed by atoms with E-state index in [1.807, 2.05) is 4.90 Å². The van der Waals surface area contributed by atoms with E-state index >= 15 is 0 Å². The summed E-state index contributed by atoms with van der Waals surface area (Å²) in [7, 11) is 0. The van der Waals surface area contributed by atoms with Gasteiger partial charge in [-0.05, 0) is 32.3 Å². The van der Waals surface area contributed by atoms with Crippen molar-refractivity contribution in [1.29, 1.82) is 0 Å². The summed E-state index contributed by atoms with van der Waals surface area (Å²) in [4.78, 5) is 30.6. The summed E-state index contributed by atoms with van der Waals surface area (Å²) in [5, 5.41) is 10.8. The first kappa shape index (κ1) is 14.7. The van der Waals surface area contributed by atoms with Crippen molar-refractivity contribution in [1.82, 2.24) is 9.88 Å². The molecule has 0 N–H and O–H groups in total. The van der Waals surface area contributed by atoms with E-state index in [-0.39, 0.29) is 11.6 Å². The molecule has 118 valence electrons. The zero-order valence-corrected chi connectivity index (χ0v) is 12.7. The number of likely N-dealkylation sites (tertiary alicyclic amines) is 1. The van der Waals surface area contributed by atoms with Crippen molar-refractivity contribution >= 4 is 17.4 Å². The van der Waals surface area contributed by atoms with Crippen LogP contribution in [0.5, 0.6) is 0 Å². The summed E-state index contributed by atoms with van der Waals surface area (Å²) >= 11 is 0. The lowest BCUT2D eigenvalue weighted by Crippen LogP contribution is -2.45. The van der Waals surface area contributed by atoms with E-state index in [1.54, 1.807) is 13.0 Å². The molecule has 0 spiro atoms. The number of anilines is 1. The largest absolute Gasteiger partial charge is 0.356 e. The van der Waals surface area contributed by atoms with Crippen molar-refractivity contribution in [3.05, 3.63) is 27.9 Å². The van der Waals surface area contributed by atoms with Crippen LogP contribution in [0.3, 0.4) is 0 Å². The van der Waals surface area contributed by atoms with Crippen molar-refractivity contribution in [2.24, 2.45) is 0 Å². The molecule has 0 unspecified atom stereocenters. The van der Waals surface area contributed by atoms with Gasteiger partial charge in [-0.2, -0.15) is 0 Å².